The number of aromatic amines is 1. The molecule has 0 aliphatic carbocycles. The number of aromatic nitrogens is 3. The number of hydrogen-bond acceptors (Lipinski definition) is 5. The minimum Gasteiger partial charge on any atom is -0.444 e. The molecule has 1 amide bonds. The molecule has 1 aromatic heterocycles. The number of ether oxygens (including phenoxy) is 1. The number of carbonyl (C=O) groups excluding carboxylic acids is 1. The lowest BCUT2D eigenvalue weighted by atomic mass is 9.97. The topological polar surface area (TPSA) is 83.1 Å². The van der Waals surface area contributed by atoms with E-state index in [1.807, 2.05) is 25.7 Å². The maximum absolute atomic E-state index is 12.5. The molecule has 3 rings (SSSR count). The summed E-state index contributed by atoms with van der Waals surface area (Å²) in [4.78, 5) is 18.6. The fraction of sp³-hybridized carbons (Fsp3) is 0.812. The third-order valence-electron chi connectivity index (χ3n) is 4.67. The fourth-order valence-electron chi connectivity index (χ4n) is 3.78. The Labute approximate surface area is 137 Å². The van der Waals surface area contributed by atoms with E-state index in [1.54, 1.807) is 0 Å². The van der Waals surface area contributed by atoms with Gasteiger partial charge in [-0.25, -0.2) is 9.78 Å². The highest BCUT2D eigenvalue weighted by atomic mass is 16.6. The summed E-state index contributed by atoms with van der Waals surface area (Å²) < 4.78 is 5.58. The van der Waals surface area contributed by atoms with Gasteiger partial charge < -0.3 is 15.0 Å². The smallest absolute Gasteiger partial charge is 0.410 e. The molecule has 7 heteroatoms. The third-order valence-corrected chi connectivity index (χ3v) is 4.67. The second kappa shape index (κ2) is 6.11. The van der Waals surface area contributed by atoms with E-state index < -0.39 is 5.60 Å². The zero-order valence-electron chi connectivity index (χ0n) is 14.4. The molecule has 3 unspecified atom stereocenters. The number of H-pyrrole nitrogens is 1. The molecule has 0 saturated carbocycles. The van der Waals surface area contributed by atoms with Crippen LogP contribution in [-0.2, 0) is 4.74 Å². The minimum atomic E-state index is -0.438. The van der Waals surface area contributed by atoms with Crippen LogP contribution in [0.3, 0.4) is 0 Å². The van der Waals surface area contributed by atoms with Crippen molar-refractivity contribution in [2.75, 3.05) is 0 Å². The predicted molar refractivity (Wildman–Crippen MR) is 85.8 cm³/mol. The number of fused-ring (bicyclic) bond motifs is 2. The third kappa shape index (κ3) is 3.65. The lowest BCUT2D eigenvalue weighted by Gasteiger charge is -2.40. The van der Waals surface area contributed by atoms with Crippen molar-refractivity contribution in [1.82, 2.24) is 25.4 Å². The van der Waals surface area contributed by atoms with Crippen LogP contribution in [-0.4, -0.2) is 49.9 Å². The van der Waals surface area contributed by atoms with Crippen LogP contribution in [0.4, 0.5) is 4.79 Å². The molecule has 0 aromatic carbocycles. The van der Waals surface area contributed by atoms with Gasteiger partial charge in [0.05, 0.1) is 6.04 Å². The molecule has 2 aliphatic heterocycles. The van der Waals surface area contributed by atoms with Gasteiger partial charge in [-0.15, -0.1) is 0 Å². The summed E-state index contributed by atoms with van der Waals surface area (Å²) in [5.74, 6) is 0.854. The molecule has 0 spiro atoms. The van der Waals surface area contributed by atoms with Gasteiger partial charge in [-0.05, 0) is 53.4 Å². The molecule has 23 heavy (non-hydrogen) atoms. The van der Waals surface area contributed by atoms with Crippen molar-refractivity contribution in [3.63, 3.8) is 0 Å². The average molecular weight is 321 g/mol. The first-order valence-electron chi connectivity index (χ1n) is 8.46. The Kier molecular flexibility index (Phi) is 4.31. The molecule has 2 aliphatic rings. The van der Waals surface area contributed by atoms with E-state index in [9.17, 15) is 4.79 Å². The Morgan fingerprint density at radius 2 is 2.04 bits per heavy atom. The van der Waals surface area contributed by atoms with Crippen molar-refractivity contribution >= 4 is 6.09 Å². The number of nitrogens with one attached hydrogen (secondary N) is 2. The van der Waals surface area contributed by atoms with Gasteiger partial charge >= 0.3 is 6.09 Å². The molecule has 2 saturated heterocycles. The molecule has 3 heterocycles. The van der Waals surface area contributed by atoms with E-state index in [2.05, 4.69) is 27.4 Å². The Hall–Kier alpha value is -1.63. The van der Waals surface area contributed by atoms with Crippen LogP contribution in [0, 0.1) is 0 Å². The van der Waals surface area contributed by atoms with Crippen LogP contribution in [0.5, 0.6) is 0 Å². The molecule has 2 fully saturated rings. The summed E-state index contributed by atoms with van der Waals surface area (Å²) in [6.07, 6.45) is 5.44. The highest BCUT2D eigenvalue weighted by molar-refractivity contribution is 5.69. The van der Waals surface area contributed by atoms with Crippen LogP contribution in [0.15, 0.2) is 6.33 Å². The Balaban J connectivity index is 1.59. The van der Waals surface area contributed by atoms with Crippen LogP contribution in [0.1, 0.15) is 65.2 Å². The number of amides is 1. The van der Waals surface area contributed by atoms with E-state index in [0.29, 0.717) is 6.04 Å². The van der Waals surface area contributed by atoms with E-state index in [4.69, 9.17) is 4.74 Å². The van der Waals surface area contributed by atoms with Gasteiger partial charge in [-0.1, -0.05) is 0 Å². The number of nitrogens with zero attached hydrogens (tertiary/aromatic N) is 3. The number of hydrogen-bond donors (Lipinski definition) is 2. The summed E-state index contributed by atoms with van der Waals surface area (Å²) in [7, 11) is 0. The molecule has 1 aromatic rings. The van der Waals surface area contributed by atoms with Crippen molar-refractivity contribution in [2.45, 2.75) is 83.1 Å². The SMILES string of the molecule is CC(NC1CC2CCC(C1)N2C(=O)OC(C)(C)C)c1ncn[nH]1. The molecule has 7 nitrogen and oxygen atoms in total. The minimum absolute atomic E-state index is 0.134. The Morgan fingerprint density at radius 1 is 1.39 bits per heavy atom. The maximum Gasteiger partial charge on any atom is 0.410 e. The Morgan fingerprint density at radius 3 is 2.57 bits per heavy atom. The number of piperidine rings is 1. The largest absolute Gasteiger partial charge is 0.444 e. The van der Waals surface area contributed by atoms with E-state index in [0.717, 1.165) is 31.5 Å². The number of carbonyl (C=O) groups is 1. The summed E-state index contributed by atoms with van der Waals surface area (Å²) in [6.45, 7) is 7.84. The van der Waals surface area contributed by atoms with Crippen molar-refractivity contribution in [3.05, 3.63) is 12.2 Å². The van der Waals surface area contributed by atoms with Crippen LogP contribution in [0.2, 0.25) is 0 Å². The fourth-order valence-corrected chi connectivity index (χ4v) is 3.78. The number of rotatable bonds is 3. The van der Waals surface area contributed by atoms with Crippen molar-refractivity contribution in [3.8, 4) is 0 Å². The van der Waals surface area contributed by atoms with Gasteiger partial charge in [0.15, 0.2) is 0 Å². The van der Waals surface area contributed by atoms with Crippen molar-refractivity contribution < 1.29 is 9.53 Å². The van der Waals surface area contributed by atoms with Crippen LogP contribution >= 0.6 is 0 Å². The lowest BCUT2D eigenvalue weighted by Crippen LogP contribution is -2.52. The van der Waals surface area contributed by atoms with Crippen molar-refractivity contribution in [1.29, 1.82) is 0 Å². The monoisotopic (exact) mass is 321 g/mol. The summed E-state index contributed by atoms with van der Waals surface area (Å²) in [6, 6.07) is 1.09. The van der Waals surface area contributed by atoms with E-state index >= 15 is 0 Å². The quantitative estimate of drug-likeness (QED) is 0.893. The normalized spacial score (nSPS) is 28.7. The van der Waals surface area contributed by atoms with Gasteiger partial charge in [-0.2, -0.15) is 5.10 Å². The average Bonchev–Trinajstić information content (AvgIpc) is 3.04. The first kappa shape index (κ1) is 16.2. The van der Waals surface area contributed by atoms with Gasteiger partial charge in [0.25, 0.3) is 0 Å². The molecule has 3 atom stereocenters. The molecular weight excluding hydrogens is 294 g/mol. The molecule has 2 bridgehead atoms. The van der Waals surface area contributed by atoms with Crippen molar-refractivity contribution in [2.24, 2.45) is 0 Å². The molecule has 0 radical (unpaired) electrons. The standard InChI is InChI=1S/C16H27N5O2/c1-10(14-17-9-18-20-14)19-11-7-12-5-6-13(8-11)21(12)15(22)23-16(2,3)4/h9-13,19H,5-8H2,1-4H3,(H,17,18,20). The first-order chi connectivity index (χ1) is 10.8. The van der Waals surface area contributed by atoms with E-state index in [-0.39, 0.29) is 24.2 Å². The van der Waals surface area contributed by atoms with Gasteiger partial charge in [0, 0.05) is 18.1 Å². The predicted octanol–water partition coefficient (Wildman–Crippen LogP) is 2.39. The second-order valence-corrected chi connectivity index (χ2v) is 7.70. The second-order valence-electron chi connectivity index (χ2n) is 7.70. The highest BCUT2D eigenvalue weighted by Crippen LogP contribution is 2.37. The van der Waals surface area contributed by atoms with Gasteiger partial charge in [-0.3, -0.25) is 5.10 Å². The van der Waals surface area contributed by atoms with Crippen LogP contribution in [0.25, 0.3) is 0 Å². The zero-order valence-corrected chi connectivity index (χ0v) is 14.4. The first-order valence-corrected chi connectivity index (χ1v) is 8.46. The zero-order chi connectivity index (χ0) is 16.6. The Bertz CT molecular complexity index is 525. The summed E-state index contributed by atoms with van der Waals surface area (Å²) in [5.41, 5.74) is -0.438. The molecule has 2 N–H and O–H groups in total. The summed E-state index contributed by atoms with van der Waals surface area (Å²) >= 11 is 0. The molecular formula is C16H27N5O2. The lowest BCUT2D eigenvalue weighted by molar-refractivity contribution is 0.00431. The van der Waals surface area contributed by atoms with Gasteiger partial charge in [0.1, 0.15) is 17.8 Å². The maximum atomic E-state index is 12.5. The van der Waals surface area contributed by atoms with Gasteiger partial charge in [0.2, 0.25) is 0 Å². The highest BCUT2D eigenvalue weighted by Gasteiger charge is 2.45. The summed E-state index contributed by atoms with van der Waals surface area (Å²) in [5, 5.41) is 10.4. The van der Waals surface area contributed by atoms with Crippen LogP contribution < -0.4 is 5.32 Å². The molecule has 128 valence electrons. The van der Waals surface area contributed by atoms with E-state index in [1.165, 1.54) is 6.33 Å².